The Kier molecular flexibility index (Phi) is 27.3. The van der Waals surface area contributed by atoms with Gasteiger partial charge in [-0.05, 0) is 221 Å². The number of thiophene rings is 1. The summed E-state index contributed by atoms with van der Waals surface area (Å²) in [5.74, 6) is 4.66. The van der Waals surface area contributed by atoms with Crippen LogP contribution in [0, 0.1) is 27.7 Å². The predicted octanol–water partition coefficient (Wildman–Crippen LogP) is 38.0. The number of halogens is 6. The van der Waals surface area contributed by atoms with Gasteiger partial charge in [0.1, 0.15) is 22.1 Å². The molecule has 150 heavy (non-hydrogen) atoms. The van der Waals surface area contributed by atoms with Crippen LogP contribution in [-0.4, -0.2) is 54.8 Å². The molecular formula is C131H85Cl6N11OS. The van der Waals surface area contributed by atoms with E-state index in [0.717, 1.165) is 117 Å². The van der Waals surface area contributed by atoms with Gasteiger partial charge in [-0.15, -0.1) is 11.3 Å². The summed E-state index contributed by atoms with van der Waals surface area (Å²) in [6.07, 6.45) is 0. The highest BCUT2D eigenvalue weighted by Gasteiger charge is 2.22. The molecule has 0 aliphatic rings. The van der Waals surface area contributed by atoms with Gasteiger partial charge in [0.15, 0.2) is 40.8 Å². The van der Waals surface area contributed by atoms with Crippen LogP contribution in [0.1, 0.15) is 22.5 Å². The summed E-state index contributed by atoms with van der Waals surface area (Å²) in [7, 11) is 0. The van der Waals surface area contributed by atoms with Gasteiger partial charge < -0.3 is 4.42 Å². The first-order valence-corrected chi connectivity index (χ1v) is 51.8. The number of aromatic nitrogens is 11. The summed E-state index contributed by atoms with van der Waals surface area (Å²) >= 11 is 39.8. The SMILES string of the molecule is Cc1cc(C)c(-c2ccc(-c3nc(C)nc(-c4ccc(-c5c(Cl)cc(Cl)cc5Cl)cc4)n3)cc2)c(C)c1.Clc1cc(-c2ccc(-c3ccccc3)cc2)nc(-c2ccc(-c3ccc4c5ccccc5c5ccccc5c4c3)cc2)n1.Clc1nc(-c2ccc(-c3ccccc3)cc2)nc(-c2ccc(-c3ccc4sc5ccccc5c4c3)cc2)n1.Clc1nc(-c2ccc(-c3ccccc3)cc2)nc(-c2ccc3c(c2)oc2ccccc23)n1. The fourth-order valence-electron chi connectivity index (χ4n) is 19.5. The lowest BCUT2D eigenvalue weighted by Gasteiger charge is -2.12. The maximum atomic E-state index is 6.50. The lowest BCUT2D eigenvalue weighted by Crippen LogP contribution is -1.99. The lowest BCUT2D eigenvalue weighted by atomic mass is 9.92. The third-order valence-electron chi connectivity index (χ3n) is 26.7. The van der Waals surface area contributed by atoms with Gasteiger partial charge in [-0.1, -0.05) is 434 Å². The highest BCUT2D eigenvalue weighted by atomic mass is 35.5. The average molecular weight is 2070 g/mol. The Morgan fingerprint density at radius 3 is 0.960 bits per heavy atom. The molecule has 0 atom stereocenters. The van der Waals surface area contributed by atoms with Crippen molar-refractivity contribution in [2.45, 2.75) is 27.7 Å². The van der Waals surface area contributed by atoms with Gasteiger partial charge in [0.05, 0.1) is 15.7 Å². The Bertz CT molecular complexity index is 9390. The molecule has 0 radical (unpaired) electrons. The Balaban J connectivity index is 0.000000110. The number of hydrogen-bond acceptors (Lipinski definition) is 13. The standard InChI is InChI=1S/C40H25ClN2.C33H20ClN3S.C31H24Cl3N3.C27H16ClN3O/c41-39-25-38(29-18-14-27(15-19-29)26-8-2-1-3-9-26)42-40(43-39)30-20-16-28(17-21-30)31-22-23-36-34-12-5-4-10-32(34)33-11-6-7-13-35(33)37(36)24-31;34-33-36-31(24-14-10-22(11-15-24)21-6-2-1-3-7-21)35-32(37-33)25-16-12-23(13-17-25)26-18-19-30-28(20-26)27-8-4-5-9-29(27)38-30;1-17-13-18(2)28(19(3)14-17)21-5-9-23(10-6-21)30-35-20(4)36-31(37-30)24-11-7-22(8-12-24)29-26(33)15-25(32)16-27(29)34;28-27-30-25(19-12-10-18(11-13-19)17-6-2-1-3-7-17)29-26(31-27)20-14-15-22-21-8-4-5-9-23(21)32-24(22)16-20/h1-25H;1-20H;5-16H,1-4H3;1-16H. The highest BCUT2D eigenvalue weighted by Crippen LogP contribution is 2.44. The van der Waals surface area contributed by atoms with Crippen molar-refractivity contribution in [1.82, 2.24) is 54.8 Å². The largest absolute Gasteiger partial charge is 0.456 e. The molecule has 26 aromatic rings. The van der Waals surface area contributed by atoms with E-state index >= 15 is 0 Å². The van der Waals surface area contributed by atoms with Crippen LogP contribution in [-0.2, 0) is 0 Å². The zero-order valence-electron chi connectivity index (χ0n) is 81.2. The van der Waals surface area contributed by atoms with Crippen molar-refractivity contribution >= 4 is 155 Å². The second kappa shape index (κ2) is 42.5. The van der Waals surface area contributed by atoms with E-state index in [4.69, 9.17) is 89.0 Å². The molecule has 0 aliphatic heterocycles. The fraction of sp³-hybridized carbons (Fsp3) is 0.0305. The van der Waals surface area contributed by atoms with Crippen molar-refractivity contribution in [3.8, 4) is 169 Å². The zero-order valence-corrected chi connectivity index (χ0v) is 86.5. The molecule has 20 aromatic carbocycles. The summed E-state index contributed by atoms with van der Waals surface area (Å²) in [6.45, 7) is 8.32. The van der Waals surface area contributed by atoms with E-state index in [0.29, 0.717) is 66.8 Å². The van der Waals surface area contributed by atoms with Crippen LogP contribution < -0.4 is 0 Å². The van der Waals surface area contributed by atoms with Crippen molar-refractivity contribution in [3.63, 3.8) is 0 Å². The maximum Gasteiger partial charge on any atom is 0.226 e. The molecule has 12 nitrogen and oxygen atoms in total. The van der Waals surface area contributed by atoms with E-state index in [9.17, 15) is 0 Å². The number of hydrogen-bond donors (Lipinski definition) is 0. The average Bonchev–Trinajstić information content (AvgIpc) is 1.01. The van der Waals surface area contributed by atoms with Gasteiger partial charge in [-0.3, -0.25) is 0 Å². The summed E-state index contributed by atoms with van der Waals surface area (Å²) in [5, 5.41) is 14.6. The number of nitrogens with zero attached hydrogens (tertiary/aromatic N) is 11. The van der Waals surface area contributed by atoms with E-state index in [-0.39, 0.29) is 10.6 Å². The van der Waals surface area contributed by atoms with E-state index < -0.39 is 0 Å². The summed E-state index contributed by atoms with van der Waals surface area (Å²) in [4.78, 5) is 50.3. The van der Waals surface area contributed by atoms with Crippen LogP contribution in [0.3, 0.4) is 0 Å². The van der Waals surface area contributed by atoms with Gasteiger partial charge in [-0.25, -0.2) is 34.9 Å². The maximum absolute atomic E-state index is 6.50. The quantitative estimate of drug-likeness (QED) is 0.0708. The molecule has 0 N–H and O–H groups in total. The molecule has 0 unspecified atom stereocenters. The van der Waals surface area contributed by atoms with E-state index in [1.165, 1.54) is 103 Å². The van der Waals surface area contributed by atoms with Gasteiger partial charge in [0.25, 0.3) is 0 Å². The van der Waals surface area contributed by atoms with Crippen LogP contribution >= 0.6 is 80.9 Å². The van der Waals surface area contributed by atoms with Crippen LogP contribution in [0.5, 0.6) is 0 Å². The van der Waals surface area contributed by atoms with E-state index in [2.05, 4.69) is 346 Å². The molecule has 26 rings (SSSR count). The zero-order chi connectivity index (χ0) is 102. The smallest absolute Gasteiger partial charge is 0.226 e. The minimum absolute atomic E-state index is 0.154. The van der Waals surface area contributed by atoms with Crippen molar-refractivity contribution in [1.29, 1.82) is 0 Å². The number of rotatable bonds is 15. The molecule has 6 aromatic heterocycles. The molecular weight excluding hydrogens is 1990 g/mol. The first-order valence-electron chi connectivity index (χ1n) is 48.8. The molecule has 0 bridgehead atoms. The van der Waals surface area contributed by atoms with Crippen LogP contribution in [0.15, 0.2) is 447 Å². The molecule has 19 heteroatoms. The predicted molar refractivity (Wildman–Crippen MR) is 625 cm³/mol. The molecule has 0 saturated heterocycles. The van der Waals surface area contributed by atoms with Gasteiger partial charge >= 0.3 is 0 Å². The Morgan fingerprint density at radius 2 is 0.500 bits per heavy atom. The number of para-hydroxylation sites is 1. The van der Waals surface area contributed by atoms with E-state index in [1.54, 1.807) is 12.1 Å². The molecule has 0 spiro atoms. The van der Waals surface area contributed by atoms with Crippen LogP contribution in [0.2, 0.25) is 30.8 Å². The van der Waals surface area contributed by atoms with Crippen molar-refractivity contribution < 1.29 is 4.42 Å². The van der Waals surface area contributed by atoms with Crippen LogP contribution in [0.4, 0.5) is 0 Å². The summed E-state index contributed by atoms with van der Waals surface area (Å²) in [6, 6.07) is 151. The van der Waals surface area contributed by atoms with E-state index in [1.807, 2.05) is 164 Å². The van der Waals surface area contributed by atoms with Gasteiger partial charge in [0, 0.05) is 92.1 Å². The Hall–Kier alpha value is -17.0. The molecule has 0 saturated carbocycles. The monoisotopic (exact) mass is 2070 g/mol. The lowest BCUT2D eigenvalue weighted by molar-refractivity contribution is 0.669. The number of benzene rings is 20. The number of furan rings is 1. The highest BCUT2D eigenvalue weighted by molar-refractivity contribution is 7.25. The first kappa shape index (κ1) is 96.5. The Morgan fingerprint density at radius 1 is 0.193 bits per heavy atom. The minimum Gasteiger partial charge on any atom is -0.456 e. The third kappa shape index (κ3) is 20.6. The second-order valence-electron chi connectivity index (χ2n) is 36.6. The molecule has 0 aliphatic carbocycles. The molecule has 0 amide bonds. The topological polar surface area (TPSA) is 155 Å². The summed E-state index contributed by atoms with van der Waals surface area (Å²) < 4.78 is 8.62. The number of fused-ring (bicyclic) bond motifs is 12. The normalized spacial score (nSPS) is 11.3. The molecule has 718 valence electrons. The number of aryl methyl sites for hydroxylation is 4. The third-order valence-corrected chi connectivity index (χ3v) is 29.2. The Labute approximate surface area is 899 Å². The van der Waals surface area contributed by atoms with Crippen LogP contribution in [0.25, 0.3) is 243 Å². The van der Waals surface area contributed by atoms with Crippen molar-refractivity contribution in [2.75, 3.05) is 0 Å². The first-order chi connectivity index (χ1) is 73.3. The van der Waals surface area contributed by atoms with Crippen molar-refractivity contribution in [3.05, 3.63) is 496 Å². The summed E-state index contributed by atoms with van der Waals surface area (Å²) in [5.41, 5.74) is 29.1. The fourth-order valence-corrected chi connectivity index (χ4v) is 22.1. The van der Waals surface area contributed by atoms with Gasteiger partial charge in [-0.2, -0.15) is 19.9 Å². The minimum atomic E-state index is 0.154. The second-order valence-corrected chi connectivity index (χ2v) is 40.0. The van der Waals surface area contributed by atoms with Crippen molar-refractivity contribution in [2.24, 2.45) is 0 Å². The van der Waals surface area contributed by atoms with Gasteiger partial charge in [0.2, 0.25) is 10.6 Å². The molecule has 6 heterocycles. The molecule has 0 fully saturated rings.